The third-order valence-electron chi connectivity index (χ3n) is 3.24. The summed E-state index contributed by atoms with van der Waals surface area (Å²) in [6, 6.07) is 17.5. The van der Waals surface area contributed by atoms with Crippen molar-refractivity contribution < 1.29 is 4.79 Å². The van der Waals surface area contributed by atoms with Gasteiger partial charge in [-0.05, 0) is 29.7 Å². The summed E-state index contributed by atoms with van der Waals surface area (Å²) in [6.07, 6.45) is 0.628. The van der Waals surface area contributed by atoms with E-state index in [0.29, 0.717) is 18.0 Å². The van der Waals surface area contributed by atoms with E-state index >= 15 is 0 Å². The molecular weight excluding hydrogens is 302 g/mol. The minimum Gasteiger partial charge on any atom is -0.340 e. The van der Waals surface area contributed by atoms with Crippen LogP contribution in [0.5, 0.6) is 0 Å². The molecule has 0 bridgehead atoms. The minimum atomic E-state index is -0.336. The van der Waals surface area contributed by atoms with E-state index in [4.69, 9.17) is 11.6 Å². The maximum absolute atomic E-state index is 12.4. The van der Waals surface area contributed by atoms with Crippen LogP contribution in [0.25, 0.3) is 0 Å². The SMILES string of the molecule is CN(Cc1cccc(Cl)c1)C(=O)C(S)Cc1ccccc1. The summed E-state index contributed by atoms with van der Waals surface area (Å²) in [4.78, 5) is 14.0. The molecule has 1 atom stereocenters. The van der Waals surface area contributed by atoms with Crippen molar-refractivity contribution >= 4 is 30.1 Å². The van der Waals surface area contributed by atoms with E-state index in [1.807, 2.05) is 54.6 Å². The molecule has 0 saturated carbocycles. The number of carbonyl (C=O) groups excluding carboxylic acids is 1. The number of hydrogen-bond acceptors (Lipinski definition) is 2. The van der Waals surface area contributed by atoms with Crippen LogP contribution < -0.4 is 0 Å². The number of halogens is 1. The van der Waals surface area contributed by atoms with Crippen LogP contribution in [-0.2, 0) is 17.8 Å². The van der Waals surface area contributed by atoms with Crippen LogP contribution in [0.1, 0.15) is 11.1 Å². The van der Waals surface area contributed by atoms with E-state index in [2.05, 4.69) is 12.6 Å². The van der Waals surface area contributed by atoms with Crippen LogP contribution in [-0.4, -0.2) is 23.1 Å². The lowest BCUT2D eigenvalue weighted by molar-refractivity contribution is -0.129. The van der Waals surface area contributed by atoms with Gasteiger partial charge in [-0.3, -0.25) is 4.79 Å². The minimum absolute atomic E-state index is 0.0159. The zero-order chi connectivity index (χ0) is 15.2. The molecule has 0 heterocycles. The Morgan fingerprint density at radius 3 is 2.48 bits per heavy atom. The first-order chi connectivity index (χ1) is 10.1. The smallest absolute Gasteiger partial charge is 0.235 e. The topological polar surface area (TPSA) is 20.3 Å². The molecule has 0 radical (unpaired) electrons. The first-order valence-electron chi connectivity index (χ1n) is 6.77. The van der Waals surface area contributed by atoms with Crippen molar-refractivity contribution in [3.63, 3.8) is 0 Å². The third kappa shape index (κ3) is 4.80. The van der Waals surface area contributed by atoms with Gasteiger partial charge >= 0.3 is 0 Å². The summed E-state index contributed by atoms with van der Waals surface area (Å²) in [5.74, 6) is 0.0159. The average molecular weight is 320 g/mol. The van der Waals surface area contributed by atoms with Crippen LogP contribution in [0.15, 0.2) is 54.6 Å². The van der Waals surface area contributed by atoms with Crippen LogP contribution in [0.4, 0.5) is 0 Å². The van der Waals surface area contributed by atoms with Crippen molar-refractivity contribution in [3.05, 3.63) is 70.7 Å². The molecule has 1 amide bonds. The molecule has 2 aromatic rings. The molecule has 0 spiro atoms. The highest BCUT2D eigenvalue weighted by atomic mass is 35.5. The van der Waals surface area contributed by atoms with Crippen LogP contribution in [0, 0.1) is 0 Å². The fraction of sp³-hybridized carbons (Fsp3) is 0.235. The van der Waals surface area contributed by atoms with Gasteiger partial charge in [-0.25, -0.2) is 0 Å². The maximum Gasteiger partial charge on any atom is 0.235 e. The van der Waals surface area contributed by atoms with E-state index in [0.717, 1.165) is 11.1 Å². The molecule has 2 rings (SSSR count). The van der Waals surface area contributed by atoms with Gasteiger partial charge in [0.25, 0.3) is 0 Å². The number of benzene rings is 2. The van der Waals surface area contributed by atoms with Gasteiger partial charge in [0, 0.05) is 18.6 Å². The monoisotopic (exact) mass is 319 g/mol. The highest BCUT2D eigenvalue weighted by molar-refractivity contribution is 7.81. The van der Waals surface area contributed by atoms with Gasteiger partial charge < -0.3 is 4.90 Å². The quantitative estimate of drug-likeness (QED) is 0.830. The van der Waals surface area contributed by atoms with Gasteiger partial charge in [-0.1, -0.05) is 54.1 Å². The molecule has 0 aliphatic heterocycles. The molecule has 2 aromatic carbocycles. The van der Waals surface area contributed by atoms with Crippen molar-refractivity contribution in [2.45, 2.75) is 18.2 Å². The largest absolute Gasteiger partial charge is 0.340 e. The summed E-state index contributed by atoms with van der Waals surface area (Å²) in [6.45, 7) is 0.533. The molecule has 0 saturated heterocycles. The Labute approximate surface area is 136 Å². The van der Waals surface area contributed by atoms with Gasteiger partial charge in [0.05, 0.1) is 5.25 Å². The van der Waals surface area contributed by atoms with Crippen molar-refractivity contribution in [1.82, 2.24) is 4.90 Å². The first kappa shape index (κ1) is 15.9. The second-order valence-electron chi connectivity index (χ2n) is 5.03. The maximum atomic E-state index is 12.4. The molecule has 0 aliphatic carbocycles. The average Bonchev–Trinajstić information content (AvgIpc) is 2.47. The van der Waals surface area contributed by atoms with E-state index in [1.165, 1.54) is 0 Å². The number of hydrogen-bond donors (Lipinski definition) is 1. The Morgan fingerprint density at radius 2 is 1.81 bits per heavy atom. The molecule has 110 valence electrons. The first-order valence-corrected chi connectivity index (χ1v) is 7.67. The molecule has 21 heavy (non-hydrogen) atoms. The van der Waals surface area contributed by atoms with Crippen LogP contribution >= 0.6 is 24.2 Å². The van der Waals surface area contributed by atoms with E-state index < -0.39 is 0 Å². The van der Waals surface area contributed by atoms with Crippen molar-refractivity contribution in [1.29, 1.82) is 0 Å². The normalized spacial score (nSPS) is 12.0. The highest BCUT2D eigenvalue weighted by Crippen LogP contribution is 2.15. The number of nitrogens with zero attached hydrogens (tertiary/aromatic N) is 1. The molecule has 1 unspecified atom stereocenters. The number of rotatable bonds is 5. The Bertz CT molecular complexity index is 603. The van der Waals surface area contributed by atoms with E-state index in [-0.39, 0.29) is 11.2 Å². The summed E-state index contributed by atoms with van der Waals surface area (Å²) in [5.41, 5.74) is 2.13. The molecule has 4 heteroatoms. The molecule has 0 N–H and O–H groups in total. The molecule has 0 aliphatic rings. The number of amides is 1. The predicted octanol–water partition coefficient (Wildman–Crippen LogP) is 3.84. The molecular formula is C17H18ClNOS. The fourth-order valence-electron chi connectivity index (χ4n) is 2.17. The molecule has 0 fully saturated rings. The Balaban J connectivity index is 1.95. The van der Waals surface area contributed by atoms with Crippen LogP contribution in [0.3, 0.4) is 0 Å². The standard InChI is InChI=1S/C17H18ClNOS/c1-19(12-14-8-5-9-15(18)10-14)17(20)16(21)11-13-6-3-2-4-7-13/h2-10,16,21H,11-12H2,1H3. The lowest BCUT2D eigenvalue weighted by Gasteiger charge is -2.21. The fourth-order valence-corrected chi connectivity index (χ4v) is 2.79. The van der Waals surface area contributed by atoms with Crippen molar-refractivity contribution in [2.75, 3.05) is 7.05 Å². The van der Waals surface area contributed by atoms with Crippen molar-refractivity contribution in [2.24, 2.45) is 0 Å². The Kier molecular flexibility index (Phi) is 5.71. The molecule has 0 aromatic heterocycles. The third-order valence-corrected chi connectivity index (χ3v) is 3.88. The Hall–Kier alpha value is -1.45. The van der Waals surface area contributed by atoms with Gasteiger partial charge in [-0.15, -0.1) is 0 Å². The van der Waals surface area contributed by atoms with E-state index in [9.17, 15) is 4.79 Å². The van der Waals surface area contributed by atoms with Gasteiger partial charge in [-0.2, -0.15) is 12.6 Å². The second-order valence-corrected chi connectivity index (χ2v) is 6.09. The van der Waals surface area contributed by atoms with Gasteiger partial charge in [0.1, 0.15) is 0 Å². The highest BCUT2D eigenvalue weighted by Gasteiger charge is 2.18. The summed E-state index contributed by atoms with van der Waals surface area (Å²) in [7, 11) is 1.79. The zero-order valence-electron chi connectivity index (χ0n) is 11.9. The second kappa shape index (κ2) is 7.53. The van der Waals surface area contributed by atoms with Gasteiger partial charge in [0.15, 0.2) is 0 Å². The van der Waals surface area contributed by atoms with Crippen LogP contribution in [0.2, 0.25) is 5.02 Å². The van der Waals surface area contributed by atoms with E-state index in [1.54, 1.807) is 11.9 Å². The lowest BCUT2D eigenvalue weighted by Crippen LogP contribution is -2.34. The molecule has 2 nitrogen and oxygen atoms in total. The summed E-state index contributed by atoms with van der Waals surface area (Å²) in [5, 5.41) is 0.344. The number of thiol groups is 1. The predicted molar refractivity (Wildman–Crippen MR) is 90.8 cm³/mol. The number of carbonyl (C=O) groups is 1. The Morgan fingerprint density at radius 1 is 1.14 bits per heavy atom. The lowest BCUT2D eigenvalue weighted by atomic mass is 10.1. The van der Waals surface area contributed by atoms with Gasteiger partial charge in [0.2, 0.25) is 5.91 Å². The summed E-state index contributed by atoms with van der Waals surface area (Å²) >= 11 is 10.4. The zero-order valence-corrected chi connectivity index (χ0v) is 13.5. The summed E-state index contributed by atoms with van der Waals surface area (Å²) < 4.78 is 0. The van der Waals surface area contributed by atoms with Crippen molar-refractivity contribution in [3.8, 4) is 0 Å².